The number of amides is 1. The molecule has 0 bridgehead atoms. The van der Waals surface area contributed by atoms with E-state index in [-0.39, 0.29) is 28.1 Å². The number of halogens is 5. The molecule has 2 aliphatic heterocycles. The van der Waals surface area contributed by atoms with Gasteiger partial charge in [0.1, 0.15) is 11.6 Å². The molecule has 42 heavy (non-hydrogen) atoms. The maximum absolute atomic E-state index is 14.3. The van der Waals surface area contributed by atoms with Gasteiger partial charge in [-0.15, -0.1) is 0 Å². The number of nitrogens with zero attached hydrogens (tertiary/aromatic N) is 2. The summed E-state index contributed by atoms with van der Waals surface area (Å²) in [6.45, 7) is -0.433. The maximum atomic E-state index is 14.3. The highest BCUT2D eigenvalue weighted by Crippen LogP contribution is 2.59. The molecule has 6 nitrogen and oxygen atoms in total. The Hall–Kier alpha value is -3.19. The standard InChI is InChI=1S/C29H26F5N3O3S2/c30-20-4-6-21(7-5-20)42(39,40)37-25-8-3-18(13-22(25)28(9-11-41-12-10-28)26(37)17-1-2-17)27(38)36-16-24-23(31)14-19(15-35-24)29(32,33)34/h3-8,13-15,17,26H,1-2,9-12,16H2,(H,36,38). The first kappa shape index (κ1) is 28.9. The zero-order valence-corrected chi connectivity index (χ0v) is 23.8. The highest BCUT2D eigenvalue weighted by Gasteiger charge is 2.59. The second-order valence-electron chi connectivity index (χ2n) is 10.9. The minimum atomic E-state index is -4.75. The molecule has 3 aromatic rings. The Bertz CT molecular complexity index is 1640. The molecule has 222 valence electrons. The van der Waals surface area contributed by atoms with Crippen molar-refractivity contribution < 1.29 is 35.2 Å². The summed E-state index contributed by atoms with van der Waals surface area (Å²) in [6, 6.07) is 9.50. The van der Waals surface area contributed by atoms with E-state index in [9.17, 15) is 35.2 Å². The number of hydrogen-bond donors (Lipinski definition) is 1. The topological polar surface area (TPSA) is 79.4 Å². The summed E-state index contributed by atoms with van der Waals surface area (Å²) in [4.78, 5) is 16.7. The molecule has 0 radical (unpaired) electrons. The summed E-state index contributed by atoms with van der Waals surface area (Å²) < 4.78 is 96.2. The van der Waals surface area contributed by atoms with Crippen molar-refractivity contribution in [2.75, 3.05) is 15.8 Å². The summed E-state index contributed by atoms with van der Waals surface area (Å²) in [7, 11) is -4.07. The van der Waals surface area contributed by atoms with Gasteiger partial charge in [-0.3, -0.25) is 14.1 Å². The van der Waals surface area contributed by atoms with Gasteiger partial charge in [-0.05, 0) is 97.2 Å². The van der Waals surface area contributed by atoms with Crippen LogP contribution >= 0.6 is 11.8 Å². The van der Waals surface area contributed by atoms with Crippen molar-refractivity contribution in [2.24, 2.45) is 5.92 Å². The third kappa shape index (κ3) is 5.04. The Morgan fingerprint density at radius 1 is 1.05 bits per heavy atom. The summed E-state index contributed by atoms with van der Waals surface area (Å²) in [5, 5.41) is 2.52. The van der Waals surface area contributed by atoms with Gasteiger partial charge in [0.2, 0.25) is 0 Å². The van der Waals surface area contributed by atoms with Gasteiger partial charge in [0.15, 0.2) is 0 Å². The van der Waals surface area contributed by atoms with E-state index in [0.29, 0.717) is 30.8 Å². The molecule has 1 unspecified atom stereocenters. The molecule has 1 N–H and O–H groups in total. The Morgan fingerprint density at radius 3 is 2.36 bits per heavy atom. The molecule has 1 aromatic heterocycles. The Labute approximate surface area is 243 Å². The molecule has 6 rings (SSSR count). The molecule has 13 heteroatoms. The summed E-state index contributed by atoms with van der Waals surface area (Å²) in [6.07, 6.45) is -1.05. The molecule has 1 atom stereocenters. The molecule has 2 aromatic carbocycles. The number of alkyl halides is 3. The first-order valence-corrected chi connectivity index (χ1v) is 16.0. The van der Waals surface area contributed by atoms with Crippen LogP contribution in [0, 0.1) is 17.6 Å². The number of carbonyl (C=O) groups excluding carboxylic acids is 1. The average molecular weight is 624 g/mol. The molecule has 3 heterocycles. The fourth-order valence-electron chi connectivity index (χ4n) is 6.17. The van der Waals surface area contributed by atoms with Gasteiger partial charge < -0.3 is 5.32 Å². The van der Waals surface area contributed by atoms with Gasteiger partial charge in [-0.1, -0.05) is 0 Å². The lowest BCUT2D eigenvalue weighted by atomic mass is 9.70. The summed E-state index contributed by atoms with van der Waals surface area (Å²) in [5.41, 5.74) is -0.647. The van der Waals surface area contributed by atoms with Crippen LogP contribution in [0.5, 0.6) is 0 Å². The molecular formula is C29H26F5N3O3S2. The van der Waals surface area contributed by atoms with E-state index < -0.39 is 51.3 Å². The number of sulfonamides is 1. The summed E-state index contributed by atoms with van der Waals surface area (Å²) in [5.74, 6) is -0.544. The van der Waals surface area contributed by atoms with E-state index in [2.05, 4.69) is 10.3 Å². The van der Waals surface area contributed by atoms with Crippen LogP contribution in [-0.2, 0) is 28.2 Å². The normalized spacial score (nSPS) is 20.0. The van der Waals surface area contributed by atoms with Gasteiger partial charge in [0.25, 0.3) is 15.9 Å². The highest BCUT2D eigenvalue weighted by atomic mass is 32.2. The predicted octanol–water partition coefficient (Wildman–Crippen LogP) is 6.06. The predicted molar refractivity (Wildman–Crippen MR) is 148 cm³/mol. The number of aromatic nitrogens is 1. The molecule has 1 aliphatic carbocycles. The Kier molecular flexibility index (Phi) is 7.24. The van der Waals surface area contributed by atoms with Crippen LogP contribution in [0.2, 0.25) is 0 Å². The largest absolute Gasteiger partial charge is 0.417 e. The van der Waals surface area contributed by atoms with Crippen molar-refractivity contribution in [1.29, 1.82) is 0 Å². The third-order valence-electron chi connectivity index (χ3n) is 8.34. The smallest absolute Gasteiger partial charge is 0.346 e. The number of nitrogens with one attached hydrogen (secondary N) is 1. The van der Waals surface area contributed by atoms with Crippen LogP contribution in [0.15, 0.2) is 59.6 Å². The van der Waals surface area contributed by atoms with Crippen molar-refractivity contribution in [1.82, 2.24) is 10.3 Å². The lowest BCUT2D eigenvalue weighted by molar-refractivity contribution is -0.138. The number of fused-ring (bicyclic) bond motifs is 2. The average Bonchev–Trinajstić information content (AvgIpc) is 3.76. The quantitative estimate of drug-likeness (QED) is 0.338. The van der Waals surface area contributed by atoms with Crippen LogP contribution in [0.4, 0.5) is 27.6 Å². The van der Waals surface area contributed by atoms with Crippen LogP contribution in [0.1, 0.15) is 52.9 Å². The van der Waals surface area contributed by atoms with Crippen molar-refractivity contribution >= 4 is 33.4 Å². The van der Waals surface area contributed by atoms with Crippen molar-refractivity contribution in [3.05, 3.63) is 88.7 Å². The van der Waals surface area contributed by atoms with Crippen molar-refractivity contribution in [3.63, 3.8) is 0 Å². The third-order valence-corrected chi connectivity index (χ3v) is 11.1. The van der Waals surface area contributed by atoms with Crippen molar-refractivity contribution in [2.45, 2.75) is 54.8 Å². The molecule has 2 fully saturated rings. The Balaban J connectivity index is 1.35. The first-order valence-electron chi connectivity index (χ1n) is 13.4. The Morgan fingerprint density at radius 2 is 1.74 bits per heavy atom. The van der Waals surface area contributed by atoms with E-state index in [1.807, 2.05) is 0 Å². The van der Waals surface area contributed by atoms with Gasteiger partial charge in [0, 0.05) is 17.2 Å². The molecule has 1 saturated carbocycles. The van der Waals surface area contributed by atoms with Gasteiger partial charge in [-0.25, -0.2) is 17.2 Å². The highest BCUT2D eigenvalue weighted by molar-refractivity contribution is 7.99. The van der Waals surface area contributed by atoms with Crippen LogP contribution in [0.3, 0.4) is 0 Å². The van der Waals surface area contributed by atoms with Crippen LogP contribution in [0.25, 0.3) is 0 Å². The summed E-state index contributed by atoms with van der Waals surface area (Å²) >= 11 is 1.79. The van der Waals surface area contributed by atoms with Crippen LogP contribution in [-0.4, -0.2) is 36.9 Å². The minimum Gasteiger partial charge on any atom is -0.346 e. The van der Waals surface area contributed by atoms with E-state index in [4.69, 9.17) is 0 Å². The van der Waals surface area contributed by atoms with Gasteiger partial charge in [-0.2, -0.15) is 24.9 Å². The number of hydrogen-bond acceptors (Lipinski definition) is 5. The number of benzene rings is 2. The molecule has 1 amide bonds. The van der Waals surface area contributed by atoms with E-state index in [1.165, 1.54) is 22.5 Å². The zero-order chi connectivity index (χ0) is 29.9. The van der Waals surface area contributed by atoms with Gasteiger partial charge in [0.05, 0.1) is 34.4 Å². The second-order valence-corrected chi connectivity index (χ2v) is 13.9. The second kappa shape index (κ2) is 10.5. The maximum Gasteiger partial charge on any atom is 0.417 e. The SMILES string of the molecule is O=C(NCc1ncc(C(F)(F)F)cc1F)c1ccc2c(c1)C1(CCSCC1)C(C1CC1)N2S(=O)(=O)c1ccc(F)cc1. The fourth-order valence-corrected chi connectivity index (χ4v) is 9.19. The first-order chi connectivity index (χ1) is 19.9. The van der Waals surface area contributed by atoms with E-state index >= 15 is 0 Å². The lowest BCUT2D eigenvalue weighted by Crippen LogP contribution is -2.50. The monoisotopic (exact) mass is 623 g/mol. The molecule has 3 aliphatic rings. The number of pyridine rings is 1. The van der Waals surface area contributed by atoms with Crippen LogP contribution < -0.4 is 9.62 Å². The van der Waals surface area contributed by atoms with E-state index in [0.717, 1.165) is 42.0 Å². The molecular weight excluding hydrogens is 597 g/mol. The zero-order valence-electron chi connectivity index (χ0n) is 22.1. The molecule has 1 saturated heterocycles. The number of carbonyl (C=O) groups is 1. The minimum absolute atomic E-state index is 0.0179. The fraction of sp³-hybridized carbons (Fsp3) is 0.379. The number of anilines is 1. The number of thioether (sulfide) groups is 1. The van der Waals surface area contributed by atoms with Gasteiger partial charge >= 0.3 is 6.18 Å². The van der Waals surface area contributed by atoms with Crippen molar-refractivity contribution in [3.8, 4) is 0 Å². The van der Waals surface area contributed by atoms with E-state index in [1.54, 1.807) is 23.9 Å². The molecule has 1 spiro atoms. The lowest BCUT2D eigenvalue weighted by Gasteiger charge is -2.41. The number of rotatable bonds is 6.